The molecule has 0 radical (unpaired) electrons. The van der Waals surface area contributed by atoms with Gasteiger partial charge in [0.2, 0.25) is 0 Å². The monoisotopic (exact) mass is 194 g/mol. The fourth-order valence-corrected chi connectivity index (χ4v) is 3.37. The molecular weight excluding hydrogens is 179 g/mol. The second kappa shape index (κ2) is 2.98. The molecule has 12 heavy (non-hydrogen) atoms. The van der Waals surface area contributed by atoms with Gasteiger partial charge in [0.15, 0.2) is 9.84 Å². The van der Waals surface area contributed by atoms with Crippen molar-refractivity contribution in [2.24, 2.45) is 0 Å². The highest BCUT2D eigenvalue weighted by Crippen LogP contribution is 2.28. The van der Waals surface area contributed by atoms with Gasteiger partial charge >= 0.3 is 0 Å². The molecule has 2 nitrogen and oxygen atoms in total. The van der Waals surface area contributed by atoms with Gasteiger partial charge in [-0.2, -0.15) is 0 Å². The number of rotatable bonds is 0. The summed E-state index contributed by atoms with van der Waals surface area (Å²) in [6.45, 7) is 3.04. The molecule has 1 heterocycles. The average Bonchev–Trinajstić information content (AvgIpc) is 1.90. The molecule has 1 fully saturated rings. The number of hydrogen-bond donors (Lipinski definition) is 0. The molecule has 1 saturated heterocycles. The number of alkyl halides is 1. The first-order valence-corrected chi connectivity index (χ1v) is 5.95. The summed E-state index contributed by atoms with van der Waals surface area (Å²) < 4.78 is 36.2. The summed E-state index contributed by atoms with van der Waals surface area (Å²) in [7, 11) is -3.18. The quantitative estimate of drug-likeness (QED) is 0.588. The maximum Gasteiger partial charge on any atom is 0.156 e. The maximum atomic E-state index is 13.4. The standard InChI is InChI=1S/C8H15FO2S/c1-7-4-3-5-8(2,9)6-12(7,10)11/h7H,3-6H2,1-2H3. The molecule has 72 valence electrons. The first-order chi connectivity index (χ1) is 5.33. The Bertz CT molecular complexity index is 256. The van der Waals surface area contributed by atoms with Crippen molar-refractivity contribution in [3.63, 3.8) is 0 Å². The third-order valence-electron chi connectivity index (χ3n) is 2.42. The molecule has 2 unspecified atom stereocenters. The van der Waals surface area contributed by atoms with Gasteiger partial charge in [-0.3, -0.25) is 0 Å². The Hall–Kier alpha value is -0.120. The van der Waals surface area contributed by atoms with Crippen LogP contribution in [0.15, 0.2) is 0 Å². The van der Waals surface area contributed by atoms with E-state index < -0.39 is 15.5 Å². The number of hydrogen-bond acceptors (Lipinski definition) is 2. The molecule has 0 aromatic heterocycles. The van der Waals surface area contributed by atoms with E-state index in [0.29, 0.717) is 19.3 Å². The number of halogens is 1. The molecule has 0 spiro atoms. The van der Waals surface area contributed by atoms with Crippen LogP contribution in [0, 0.1) is 0 Å². The summed E-state index contributed by atoms with van der Waals surface area (Å²) in [5.74, 6) is -0.304. The third-order valence-corrected chi connectivity index (χ3v) is 4.89. The Morgan fingerprint density at radius 2 is 2.08 bits per heavy atom. The van der Waals surface area contributed by atoms with Crippen LogP contribution in [0.4, 0.5) is 4.39 Å². The van der Waals surface area contributed by atoms with Crippen molar-refractivity contribution in [2.75, 3.05) is 5.75 Å². The largest absolute Gasteiger partial charge is 0.243 e. The van der Waals surface area contributed by atoms with Crippen molar-refractivity contribution in [1.29, 1.82) is 0 Å². The predicted molar refractivity (Wildman–Crippen MR) is 46.6 cm³/mol. The first kappa shape index (κ1) is 9.96. The first-order valence-electron chi connectivity index (χ1n) is 4.24. The average molecular weight is 194 g/mol. The molecule has 2 atom stereocenters. The van der Waals surface area contributed by atoms with Crippen molar-refractivity contribution < 1.29 is 12.8 Å². The van der Waals surface area contributed by atoms with Crippen LogP contribution >= 0.6 is 0 Å². The summed E-state index contributed by atoms with van der Waals surface area (Å²) >= 11 is 0. The topological polar surface area (TPSA) is 34.1 Å². The molecule has 0 bridgehead atoms. The van der Waals surface area contributed by atoms with Crippen LogP contribution in [0.1, 0.15) is 33.1 Å². The highest BCUT2D eigenvalue weighted by molar-refractivity contribution is 7.92. The van der Waals surface area contributed by atoms with Crippen LogP contribution in [0.5, 0.6) is 0 Å². The van der Waals surface area contributed by atoms with E-state index in [4.69, 9.17) is 0 Å². The Morgan fingerprint density at radius 1 is 1.50 bits per heavy atom. The van der Waals surface area contributed by atoms with Gasteiger partial charge in [0.25, 0.3) is 0 Å². The van der Waals surface area contributed by atoms with E-state index >= 15 is 0 Å². The lowest BCUT2D eigenvalue weighted by atomic mass is 10.0. The highest BCUT2D eigenvalue weighted by atomic mass is 32.2. The Kier molecular flexibility index (Phi) is 2.47. The SMILES string of the molecule is CC1CCCC(C)(F)CS1(=O)=O. The van der Waals surface area contributed by atoms with Gasteiger partial charge in [0, 0.05) is 0 Å². The minimum Gasteiger partial charge on any atom is -0.243 e. The molecule has 0 aromatic carbocycles. The lowest BCUT2D eigenvalue weighted by Gasteiger charge is -2.16. The van der Waals surface area contributed by atoms with Crippen LogP contribution in [-0.4, -0.2) is 25.1 Å². The zero-order valence-corrected chi connectivity index (χ0v) is 8.32. The summed E-state index contributed by atoms with van der Waals surface area (Å²) in [5, 5.41) is -0.366. The third kappa shape index (κ3) is 2.19. The minimum atomic E-state index is -3.18. The molecule has 4 heteroatoms. The summed E-state index contributed by atoms with van der Waals surface area (Å²) in [6, 6.07) is 0. The van der Waals surface area contributed by atoms with Crippen LogP contribution in [0.25, 0.3) is 0 Å². The van der Waals surface area contributed by atoms with Gasteiger partial charge in [-0.05, 0) is 33.1 Å². The van der Waals surface area contributed by atoms with E-state index in [0.717, 1.165) is 0 Å². The van der Waals surface area contributed by atoms with Gasteiger partial charge in [-0.25, -0.2) is 12.8 Å². The van der Waals surface area contributed by atoms with Crippen LogP contribution in [0.2, 0.25) is 0 Å². The molecule has 0 aromatic rings. The van der Waals surface area contributed by atoms with E-state index in [1.807, 2.05) is 0 Å². The second-order valence-electron chi connectivity index (χ2n) is 3.92. The van der Waals surface area contributed by atoms with Gasteiger partial charge in [-0.1, -0.05) is 0 Å². The molecule has 0 amide bonds. The molecular formula is C8H15FO2S. The summed E-state index contributed by atoms with van der Waals surface area (Å²) in [5.41, 5.74) is -1.51. The fraction of sp³-hybridized carbons (Fsp3) is 1.00. The second-order valence-corrected chi connectivity index (χ2v) is 6.34. The zero-order chi connectivity index (χ0) is 9.41. The maximum absolute atomic E-state index is 13.4. The predicted octanol–water partition coefficient (Wildman–Crippen LogP) is 1.70. The highest BCUT2D eigenvalue weighted by Gasteiger charge is 2.36. The van der Waals surface area contributed by atoms with Gasteiger partial charge in [-0.15, -0.1) is 0 Å². The normalized spacial score (nSPS) is 42.1. The smallest absolute Gasteiger partial charge is 0.156 e. The summed E-state index contributed by atoms with van der Waals surface area (Å²) in [6.07, 6.45) is 1.64. The Labute approximate surface area is 73.1 Å². The van der Waals surface area contributed by atoms with E-state index in [1.54, 1.807) is 6.92 Å². The number of sulfone groups is 1. The minimum absolute atomic E-state index is 0.304. The van der Waals surface area contributed by atoms with Gasteiger partial charge in [0.05, 0.1) is 11.0 Å². The van der Waals surface area contributed by atoms with Crippen LogP contribution in [0.3, 0.4) is 0 Å². The van der Waals surface area contributed by atoms with E-state index in [2.05, 4.69) is 0 Å². The van der Waals surface area contributed by atoms with E-state index in [-0.39, 0.29) is 11.0 Å². The molecule has 0 saturated carbocycles. The lowest BCUT2D eigenvalue weighted by molar-refractivity contribution is 0.203. The molecule has 1 aliphatic heterocycles. The van der Waals surface area contributed by atoms with Gasteiger partial charge < -0.3 is 0 Å². The zero-order valence-electron chi connectivity index (χ0n) is 7.51. The van der Waals surface area contributed by atoms with E-state index in [1.165, 1.54) is 6.92 Å². The lowest BCUT2D eigenvalue weighted by Crippen LogP contribution is -2.30. The molecule has 1 aliphatic rings. The Balaban J connectivity index is 2.89. The van der Waals surface area contributed by atoms with Gasteiger partial charge in [0.1, 0.15) is 5.67 Å². The van der Waals surface area contributed by atoms with Crippen molar-refractivity contribution >= 4 is 9.84 Å². The van der Waals surface area contributed by atoms with Crippen molar-refractivity contribution in [3.8, 4) is 0 Å². The Morgan fingerprint density at radius 3 is 2.67 bits per heavy atom. The van der Waals surface area contributed by atoms with Crippen molar-refractivity contribution in [1.82, 2.24) is 0 Å². The molecule has 0 aliphatic carbocycles. The summed E-state index contributed by atoms with van der Waals surface area (Å²) in [4.78, 5) is 0. The molecule has 1 rings (SSSR count). The van der Waals surface area contributed by atoms with Crippen molar-refractivity contribution in [3.05, 3.63) is 0 Å². The van der Waals surface area contributed by atoms with Crippen LogP contribution < -0.4 is 0 Å². The van der Waals surface area contributed by atoms with Crippen LogP contribution in [-0.2, 0) is 9.84 Å². The van der Waals surface area contributed by atoms with E-state index in [9.17, 15) is 12.8 Å². The molecule has 0 N–H and O–H groups in total. The fourth-order valence-electron chi connectivity index (χ4n) is 1.57. The van der Waals surface area contributed by atoms with Crippen molar-refractivity contribution in [2.45, 2.75) is 44.0 Å².